The molecule has 1 amide bonds. The molecule has 24 heavy (non-hydrogen) atoms. The van der Waals surface area contributed by atoms with Gasteiger partial charge in [0, 0.05) is 13.1 Å². The van der Waals surface area contributed by atoms with Crippen LogP contribution in [0.4, 0.5) is 0 Å². The Morgan fingerprint density at radius 1 is 1.29 bits per heavy atom. The zero-order chi connectivity index (χ0) is 17.1. The van der Waals surface area contributed by atoms with Crippen LogP contribution in [0.3, 0.4) is 0 Å². The fourth-order valence-corrected chi connectivity index (χ4v) is 3.71. The molecule has 0 N–H and O–H groups in total. The van der Waals surface area contributed by atoms with Gasteiger partial charge in [0.15, 0.2) is 5.16 Å². The predicted octanol–water partition coefficient (Wildman–Crippen LogP) is 2.22. The molecule has 0 spiro atoms. The Bertz CT molecular complexity index is 725. The lowest BCUT2D eigenvalue weighted by atomic mass is 10.1. The number of thioether (sulfide) groups is 1. The largest absolute Gasteiger partial charge is 0.378 e. The number of carbonyl (C=O) groups excluding carboxylic acids is 1. The van der Waals surface area contributed by atoms with Gasteiger partial charge in [-0.15, -0.1) is 10.2 Å². The lowest BCUT2D eigenvalue weighted by Crippen LogP contribution is -2.44. The number of morpholine rings is 1. The molecule has 1 aromatic carbocycles. The quantitative estimate of drug-likeness (QED) is 0.795. The smallest absolute Gasteiger partial charge is 0.236 e. The second kappa shape index (κ2) is 7.36. The van der Waals surface area contributed by atoms with Gasteiger partial charge in [-0.3, -0.25) is 9.36 Å². The van der Waals surface area contributed by atoms with Crippen LogP contribution in [-0.4, -0.2) is 57.1 Å². The van der Waals surface area contributed by atoms with Crippen LogP contribution in [0.5, 0.6) is 0 Å². The first-order valence-electron chi connectivity index (χ1n) is 8.07. The Kier molecular flexibility index (Phi) is 5.20. The number of aromatic nitrogens is 3. The molecule has 2 heterocycles. The van der Waals surface area contributed by atoms with Gasteiger partial charge in [-0.25, -0.2) is 0 Å². The van der Waals surface area contributed by atoms with Crippen LogP contribution in [0.2, 0.25) is 0 Å². The van der Waals surface area contributed by atoms with Gasteiger partial charge in [-0.2, -0.15) is 0 Å². The molecule has 6 nitrogen and oxygen atoms in total. The first-order chi connectivity index (χ1) is 11.6. The van der Waals surface area contributed by atoms with Crippen LogP contribution in [0.25, 0.3) is 5.69 Å². The zero-order valence-corrected chi connectivity index (χ0v) is 15.0. The summed E-state index contributed by atoms with van der Waals surface area (Å²) in [6.45, 7) is 8.61. The van der Waals surface area contributed by atoms with Crippen molar-refractivity contribution in [2.45, 2.75) is 31.2 Å². The van der Waals surface area contributed by atoms with Gasteiger partial charge >= 0.3 is 0 Å². The van der Waals surface area contributed by atoms with E-state index in [1.54, 1.807) is 6.33 Å². The minimum atomic E-state index is -0.211. The number of hydrogen-bond acceptors (Lipinski definition) is 5. The standard InChI is InChI=1S/C17H22N4O2S/c1-12-4-5-15(13(2)10-12)21-11-18-19-17(21)24-14(3)16(22)20-6-8-23-9-7-20/h4-5,10-11,14H,6-9H2,1-3H3. The molecule has 3 rings (SSSR count). The van der Waals surface area contributed by atoms with E-state index in [0.717, 1.165) is 16.4 Å². The lowest BCUT2D eigenvalue weighted by molar-refractivity contribution is -0.134. The van der Waals surface area contributed by atoms with Crippen LogP contribution >= 0.6 is 11.8 Å². The summed E-state index contributed by atoms with van der Waals surface area (Å²) in [7, 11) is 0. The van der Waals surface area contributed by atoms with Crippen molar-refractivity contribution in [1.29, 1.82) is 0 Å². The van der Waals surface area contributed by atoms with Gasteiger partial charge in [0.2, 0.25) is 5.91 Å². The normalized spacial score (nSPS) is 16.2. The number of benzene rings is 1. The molecule has 2 aromatic rings. The molecule has 1 saturated heterocycles. The summed E-state index contributed by atoms with van der Waals surface area (Å²) in [4.78, 5) is 14.4. The Labute approximate surface area is 146 Å². The Hall–Kier alpha value is -1.86. The molecule has 0 aliphatic carbocycles. The van der Waals surface area contributed by atoms with Gasteiger partial charge < -0.3 is 9.64 Å². The third-order valence-electron chi connectivity index (χ3n) is 4.08. The van der Waals surface area contributed by atoms with E-state index in [1.807, 2.05) is 16.4 Å². The summed E-state index contributed by atoms with van der Waals surface area (Å²) < 4.78 is 7.26. The van der Waals surface area contributed by atoms with Gasteiger partial charge in [0.1, 0.15) is 6.33 Å². The maximum Gasteiger partial charge on any atom is 0.236 e. The fourth-order valence-electron chi connectivity index (χ4n) is 2.80. The molecule has 1 fully saturated rings. The second-order valence-corrected chi connectivity index (χ2v) is 7.28. The van der Waals surface area contributed by atoms with Crippen LogP contribution in [0, 0.1) is 13.8 Å². The summed E-state index contributed by atoms with van der Waals surface area (Å²) in [6.07, 6.45) is 1.70. The molecule has 1 unspecified atom stereocenters. The minimum absolute atomic E-state index is 0.124. The van der Waals surface area contributed by atoms with E-state index in [1.165, 1.54) is 17.3 Å². The van der Waals surface area contributed by atoms with Gasteiger partial charge in [-0.05, 0) is 32.4 Å². The molecule has 1 aliphatic rings. The third-order valence-corrected chi connectivity index (χ3v) is 5.13. The van der Waals surface area contributed by atoms with Gasteiger partial charge in [0.25, 0.3) is 0 Å². The van der Waals surface area contributed by atoms with Crippen molar-refractivity contribution in [3.05, 3.63) is 35.7 Å². The summed E-state index contributed by atoms with van der Waals surface area (Å²) in [6, 6.07) is 6.26. The third kappa shape index (κ3) is 3.62. The highest BCUT2D eigenvalue weighted by atomic mass is 32.2. The van der Waals surface area contributed by atoms with E-state index < -0.39 is 0 Å². The Balaban J connectivity index is 1.76. The molecule has 0 bridgehead atoms. The van der Waals surface area contributed by atoms with Crippen LogP contribution in [0.1, 0.15) is 18.1 Å². The van der Waals surface area contributed by atoms with E-state index in [9.17, 15) is 4.79 Å². The maximum atomic E-state index is 12.6. The van der Waals surface area contributed by atoms with Crippen LogP contribution in [0.15, 0.2) is 29.7 Å². The summed E-state index contributed by atoms with van der Waals surface area (Å²) >= 11 is 1.44. The highest BCUT2D eigenvalue weighted by molar-refractivity contribution is 8.00. The zero-order valence-electron chi connectivity index (χ0n) is 14.2. The van der Waals surface area contributed by atoms with Crippen molar-refractivity contribution in [2.75, 3.05) is 26.3 Å². The molecular formula is C17H22N4O2S. The number of hydrogen-bond donors (Lipinski definition) is 0. The number of ether oxygens (including phenoxy) is 1. The number of aryl methyl sites for hydroxylation is 2. The molecule has 1 aliphatic heterocycles. The van der Waals surface area contributed by atoms with E-state index >= 15 is 0 Å². The Morgan fingerprint density at radius 2 is 2.04 bits per heavy atom. The summed E-state index contributed by atoms with van der Waals surface area (Å²) in [5.41, 5.74) is 3.41. The number of carbonyl (C=O) groups is 1. The second-order valence-electron chi connectivity index (χ2n) is 5.97. The van der Waals surface area contributed by atoms with Crippen molar-refractivity contribution in [3.63, 3.8) is 0 Å². The van der Waals surface area contributed by atoms with Crippen molar-refractivity contribution in [1.82, 2.24) is 19.7 Å². The van der Waals surface area contributed by atoms with E-state index in [0.29, 0.717) is 26.3 Å². The highest BCUT2D eigenvalue weighted by Crippen LogP contribution is 2.26. The highest BCUT2D eigenvalue weighted by Gasteiger charge is 2.25. The fraction of sp³-hybridized carbons (Fsp3) is 0.471. The van der Waals surface area contributed by atoms with Crippen molar-refractivity contribution < 1.29 is 9.53 Å². The SMILES string of the molecule is Cc1ccc(-n2cnnc2SC(C)C(=O)N2CCOCC2)c(C)c1. The molecule has 128 valence electrons. The maximum absolute atomic E-state index is 12.6. The predicted molar refractivity (Wildman–Crippen MR) is 93.6 cm³/mol. The van der Waals surface area contributed by atoms with Gasteiger partial charge in [0.05, 0.1) is 24.2 Å². The molecule has 0 radical (unpaired) electrons. The molecular weight excluding hydrogens is 324 g/mol. The topological polar surface area (TPSA) is 60.2 Å². The van der Waals surface area contributed by atoms with Gasteiger partial charge in [-0.1, -0.05) is 29.5 Å². The molecule has 0 saturated carbocycles. The summed E-state index contributed by atoms with van der Waals surface area (Å²) in [5.74, 6) is 0.124. The first kappa shape index (κ1) is 17.0. The average molecular weight is 346 g/mol. The van der Waals surface area contributed by atoms with E-state index in [-0.39, 0.29) is 11.2 Å². The first-order valence-corrected chi connectivity index (χ1v) is 8.95. The number of nitrogens with zero attached hydrogens (tertiary/aromatic N) is 4. The van der Waals surface area contributed by atoms with Crippen molar-refractivity contribution in [2.24, 2.45) is 0 Å². The van der Waals surface area contributed by atoms with Crippen molar-refractivity contribution >= 4 is 17.7 Å². The van der Waals surface area contributed by atoms with Crippen molar-refractivity contribution in [3.8, 4) is 5.69 Å². The van der Waals surface area contributed by atoms with E-state index in [2.05, 4.69) is 42.2 Å². The lowest BCUT2D eigenvalue weighted by Gasteiger charge is -2.28. The van der Waals surface area contributed by atoms with E-state index in [4.69, 9.17) is 4.74 Å². The minimum Gasteiger partial charge on any atom is -0.378 e. The number of amides is 1. The molecule has 1 atom stereocenters. The number of rotatable bonds is 4. The molecule has 1 aromatic heterocycles. The molecule has 7 heteroatoms. The van der Waals surface area contributed by atoms with Crippen LogP contribution < -0.4 is 0 Å². The Morgan fingerprint density at radius 3 is 2.75 bits per heavy atom. The monoisotopic (exact) mass is 346 g/mol. The summed E-state index contributed by atoms with van der Waals surface area (Å²) in [5, 5.41) is 8.76. The van der Waals surface area contributed by atoms with Crippen LogP contribution in [-0.2, 0) is 9.53 Å². The average Bonchev–Trinajstić information content (AvgIpc) is 3.03.